The van der Waals surface area contributed by atoms with Gasteiger partial charge >= 0.3 is 5.97 Å². The van der Waals surface area contributed by atoms with E-state index in [-0.39, 0.29) is 24.8 Å². The number of carbonyl (C=O) groups excluding carboxylic acids is 3. The number of ether oxygens (including phenoxy) is 1. The van der Waals surface area contributed by atoms with Gasteiger partial charge in [-0.2, -0.15) is 0 Å². The Balaban J connectivity index is 1.68. The van der Waals surface area contributed by atoms with Gasteiger partial charge in [-0.1, -0.05) is 81.8 Å². The summed E-state index contributed by atoms with van der Waals surface area (Å²) >= 11 is 1.59. The first-order chi connectivity index (χ1) is 20.9. The van der Waals surface area contributed by atoms with Crippen molar-refractivity contribution in [3.05, 3.63) is 60.3 Å². The lowest BCUT2D eigenvalue weighted by Crippen LogP contribution is -2.54. The average Bonchev–Trinajstić information content (AvgIpc) is 3.01. The third kappa shape index (κ3) is 12.7. The van der Waals surface area contributed by atoms with E-state index in [1.165, 1.54) is 19.3 Å². The number of aliphatic hydroxyl groups is 1. The van der Waals surface area contributed by atoms with Crippen molar-refractivity contribution in [3.63, 3.8) is 0 Å². The third-order valence-electron chi connectivity index (χ3n) is 8.03. The monoisotopic (exact) mass is 611 g/mol. The van der Waals surface area contributed by atoms with Crippen molar-refractivity contribution >= 4 is 29.5 Å². The molecule has 1 unspecified atom stereocenters. The molecule has 1 saturated carbocycles. The van der Waals surface area contributed by atoms with Crippen LogP contribution in [0, 0.1) is 11.8 Å². The van der Waals surface area contributed by atoms with Crippen LogP contribution >= 0.6 is 11.8 Å². The Labute approximate surface area is 261 Å². The molecule has 0 spiro atoms. The molecule has 9 heteroatoms. The molecule has 236 valence electrons. The summed E-state index contributed by atoms with van der Waals surface area (Å²) in [6, 6.07) is 14.1. The molecule has 3 rings (SSSR count). The van der Waals surface area contributed by atoms with E-state index in [9.17, 15) is 19.5 Å². The zero-order valence-electron chi connectivity index (χ0n) is 25.7. The van der Waals surface area contributed by atoms with Crippen LogP contribution in [0.4, 0.5) is 0 Å². The summed E-state index contributed by atoms with van der Waals surface area (Å²) in [6.07, 6.45) is 9.51. The molecule has 1 aliphatic carbocycles. The van der Waals surface area contributed by atoms with Gasteiger partial charge in [-0.15, -0.1) is 11.8 Å². The topological polar surface area (TPSA) is 118 Å². The lowest BCUT2D eigenvalue weighted by Gasteiger charge is -2.31. The lowest BCUT2D eigenvalue weighted by atomic mass is 9.83. The molecule has 4 atom stereocenters. The van der Waals surface area contributed by atoms with Gasteiger partial charge in [0.2, 0.25) is 11.8 Å². The van der Waals surface area contributed by atoms with Crippen LogP contribution in [0.25, 0.3) is 0 Å². The molecule has 8 nitrogen and oxygen atoms in total. The van der Waals surface area contributed by atoms with E-state index in [2.05, 4.69) is 15.6 Å². The first kappa shape index (κ1) is 34.6. The number of hydrogen-bond donors (Lipinski definition) is 3. The number of rotatable bonds is 18. The number of amides is 2. The van der Waals surface area contributed by atoms with Crippen molar-refractivity contribution in [1.82, 2.24) is 15.6 Å². The van der Waals surface area contributed by atoms with Crippen molar-refractivity contribution in [2.24, 2.45) is 11.8 Å². The number of carbonyl (C=O) groups is 3. The Morgan fingerprint density at radius 3 is 2.40 bits per heavy atom. The van der Waals surface area contributed by atoms with E-state index in [0.29, 0.717) is 43.8 Å². The fraction of sp³-hybridized carbons (Fsp3) is 0.588. The molecule has 1 aromatic carbocycles. The zero-order chi connectivity index (χ0) is 30.9. The minimum atomic E-state index is -0.762. The molecule has 43 heavy (non-hydrogen) atoms. The number of thioether (sulfide) groups is 1. The summed E-state index contributed by atoms with van der Waals surface area (Å²) in [5, 5.41) is 18.3. The van der Waals surface area contributed by atoms with Crippen molar-refractivity contribution in [2.45, 2.75) is 108 Å². The molecule has 3 N–H and O–H groups in total. The van der Waals surface area contributed by atoms with Gasteiger partial charge in [0.25, 0.3) is 0 Å². The second kappa shape index (κ2) is 19.4. The summed E-state index contributed by atoms with van der Waals surface area (Å²) < 4.78 is 5.14. The van der Waals surface area contributed by atoms with Crippen LogP contribution < -0.4 is 10.6 Å². The second-order valence-corrected chi connectivity index (χ2v) is 12.6. The Morgan fingerprint density at radius 2 is 1.72 bits per heavy atom. The maximum Gasteiger partial charge on any atom is 0.306 e. The van der Waals surface area contributed by atoms with Crippen LogP contribution in [0.15, 0.2) is 59.8 Å². The van der Waals surface area contributed by atoms with Crippen molar-refractivity contribution in [3.8, 4) is 0 Å². The molecule has 2 amide bonds. The molecule has 0 bridgehead atoms. The maximum atomic E-state index is 13.7. The van der Waals surface area contributed by atoms with E-state index in [1.54, 1.807) is 24.9 Å². The normalized spacial score (nSPS) is 16.4. The highest BCUT2D eigenvalue weighted by Gasteiger charge is 2.31. The molecule has 1 aliphatic rings. The molecule has 2 aromatic rings. The Hall–Kier alpha value is -2.91. The lowest BCUT2D eigenvalue weighted by molar-refractivity contribution is -0.146. The van der Waals surface area contributed by atoms with E-state index in [1.807, 2.05) is 55.5 Å². The molecule has 1 fully saturated rings. The molecule has 1 heterocycles. The Bertz CT molecular complexity index is 1100. The van der Waals surface area contributed by atoms with Crippen molar-refractivity contribution in [2.75, 3.05) is 12.4 Å². The van der Waals surface area contributed by atoms with E-state index < -0.39 is 30.1 Å². The molecular formula is C34H49N3O5S. The highest BCUT2D eigenvalue weighted by Crippen LogP contribution is 2.29. The molecule has 0 saturated heterocycles. The Kier molecular flexibility index (Phi) is 15.6. The Morgan fingerprint density at radius 1 is 0.977 bits per heavy atom. The predicted molar refractivity (Wildman–Crippen MR) is 170 cm³/mol. The number of nitrogens with one attached hydrogen (secondary N) is 2. The van der Waals surface area contributed by atoms with Gasteiger partial charge in [-0.25, -0.2) is 4.98 Å². The standard InChI is InChI=1S/C34H49N3O5S/c1-3-13-28(36-33(40)27(24-32(39)42-4-2)22-25-14-7-5-8-15-25)34(41)37-29(23-26-16-9-6-10-17-26)30(38)19-21-43-31-18-11-12-20-35-31/h5,7-8,11-12,14-15,18,20,26-30,38H,3-4,6,9-10,13,16-17,19,21-24H2,1-2H3,(H,36,40)(H,37,41)/t27?,28-,29-,30-/m0/s1. The largest absolute Gasteiger partial charge is 0.466 e. The quantitative estimate of drug-likeness (QED) is 0.151. The number of hydrogen-bond acceptors (Lipinski definition) is 7. The first-order valence-electron chi connectivity index (χ1n) is 15.9. The van der Waals surface area contributed by atoms with Crippen LogP contribution in [0.3, 0.4) is 0 Å². The van der Waals surface area contributed by atoms with Gasteiger partial charge in [0.1, 0.15) is 6.04 Å². The number of aliphatic hydroxyl groups excluding tert-OH is 1. The fourth-order valence-electron chi connectivity index (χ4n) is 5.72. The van der Waals surface area contributed by atoms with Crippen LogP contribution in [0.5, 0.6) is 0 Å². The zero-order valence-corrected chi connectivity index (χ0v) is 26.5. The number of benzene rings is 1. The van der Waals surface area contributed by atoms with E-state index in [4.69, 9.17) is 4.74 Å². The summed E-state index contributed by atoms with van der Waals surface area (Å²) in [5.41, 5.74) is 0.933. The van der Waals surface area contributed by atoms with E-state index >= 15 is 0 Å². The summed E-state index contributed by atoms with van der Waals surface area (Å²) in [4.78, 5) is 43.9. The molecule has 1 aromatic heterocycles. The summed E-state index contributed by atoms with van der Waals surface area (Å²) in [7, 11) is 0. The molecule has 0 radical (unpaired) electrons. The minimum absolute atomic E-state index is 0.0635. The van der Waals surface area contributed by atoms with E-state index in [0.717, 1.165) is 23.4 Å². The van der Waals surface area contributed by atoms with Gasteiger partial charge in [-0.05, 0) is 56.2 Å². The average molecular weight is 612 g/mol. The van der Waals surface area contributed by atoms with Gasteiger partial charge in [-0.3, -0.25) is 14.4 Å². The van der Waals surface area contributed by atoms with Crippen LogP contribution in [0.1, 0.15) is 83.6 Å². The minimum Gasteiger partial charge on any atom is -0.466 e. The summed E-state index contributed by atoms with van der Waals surface area (Å²) in [6.45, 7) is 3.95. The second-order valence-electron chi connectivity index (χ2n) is 11.5. The number of esters is 1. The SMILES string of the molecule is CCC[C@H](NC(=O)C(CC(=O)OCC)Cc1ccccc1)C(=O)N[C@@H](CC1CCCCC1)[C@@H](O)CCSc1ccccn1. The van der Waals surface area contributed by atoms with Crippen molar-refractivity contribution < 1.29 is 24.2 Å². The number of aromatic nitrogens is 1. The maximum absolute atomic E-state index is 13.7. The highest BCUT2D eigenvalue weighted by atomic mass is 32.2. The number of nitrogens with zero attached hydrogens (tertiary/aromatic N) is 1. The van der Waals surface area contributed by atoms with Gasteiger partial charge in [0, 0.05) is 11.9 Å². The van der Waals surface area contributed by atoms with Crippen molar-refractivity contribution in [1.29, 1.82) is 0 Å². The third-order valence-corrected chi connectivity index (χ3v) is 9.01. The van der Waals surface area contributed by atoms with Gasteiger partial charge in [0.15, 0.2) is 0 Å². The summed E-state index contributed by atoms with van der Waals surface area (Å²) in [5.74, 6) is -0.602. The predicted octanol–water partition coefficient (Wildman–Crippen LogP) is 5.48. The fourth-order valence-corrected chi connectivity index (χ4v) is 6.60. The van der Waals surface area contributed by atoms with Crippen LogP contribution in [0.2, 0.25) is 0 Å². The molecular weight excluding hydrogens is 562 g/mol. The highest BCUT2D eigenvalue weighted by molar-refractivity contribution is 7.99. The van der Waals surface area contributed by atoms with Crippen LogP contribution in [-0.2, 0) is 25.5 Å². The smallest absolute Gasteiger partial charge is 0.306 e. The molecule has 0 aliphatic heterocycles. The van der Waals surface area contributed by atoms with Gasteiger partial charge < -0.3 is 20.5 Å². The van der Waals surface area contributed by atoms with Crippen LogP contribution in [-0.4, -0.2) is 58.4 Å². The van der Waals surface area contributed by atoms with Gasteiger partial charge in [0.05, 0.1) is 36.1 Å². The first-order valence-corrected chi connectivity index (χ1v) is 16.9. The number of pyridine rings is 1.